The van der Waals surface area contributed by atoms with Crippen molar-refractivity contribution in [2.45, 2.75) is 19.9 Å². The van der Waals surface area contributed by atoms with E-state index in [2.05, 4.69) is 17.2 Å². The van der Waals surface area contributed by atoms with Crippen LogP contribution >= 0.6 is 0 Å². The monoisotopic (exact) mass is 262 g/mol. The Labute approximate surface area is 111 Å². The van der Waals surface area contributed by atoms with Gasteiger partial charge in [0.25, 0.3) is 0 Å². The first-order valence-corrected chi connectivity index (χ1v) is 6.31. The zero-order valence-corrected chi connectivity index (χ0v) is 10.8. The fourth-order valence-corrected chi connectivity index (χ4v) is 1.96. The zero-order chi connectivity index (χ0) is 13.7. The molecule has 0 unspecified atom stereocenters. The molecule has 100 valence electrons. The van der Waals surface area contributed by atoms with E-state index in [9.17, 15) is 8.78 Å². The minimum absolute atomic E-state index is 0.313. The van der Waals surface area contributed by atoms with Crippen molar-refractivity contribution in [3.63, 3.8) is 0 Å². The smallest absolute Gasteiger partial charge is 0.149 e. The maximum absolute atomic E-state index is 13.8. The van der Waals surface area contributed by atoms with Gasteiger partial charge < -0.3 is 5.32 Å². The van der Waals surface area contributed by atoms with Crippen LogP contribution < -0.4 is 5.32 Å². The van der Waals surface area contributed by atoms with Gasteiger partial charge in [-0.05, 0) is 42.3 Å². The molecular formula is C15H16F2N2. The predicted octanol–water partition coefficient (Wildman–Crippen LogP) is 3.53. The van der Waals surface area contributed by atoms with Gasteiger partial charge in [0.1, 0.15) is 11.6 Å². The number of nitrogens with one attached hydrogen (secondary N) is 1. The van der Waals surface area contributed by atoms with E-state index in [0.717, 1.165) is 18.5 Å². The van der Waals surface area contributed by atoms with Gasteiger partial charge in [-0.2, -0.15) is 0 Å². The normalized spacial score (nSPS) is 10.7. The molecule has 2 aromatic rings. The average molecular weight is 262 g/mol. The summed E-state index contributed by atoms with van der Waals surface area (Å²) in [6, 6.07) is 6.00. The maximum Gasteiger partial charge on any atom is 0.149 e. The Hall–Kier alpha value is -1.81. The van der Waals surface area contributed by atoms with E-state index in [1.807, 2.05) is 0 Å². The quantitative estimate of drug-likeness (QED) is 0.834. The lowest BCUT2D eigenvalue weighted by atomic mass is 10.00. The Morgan fingerprint density at radius 1 is 1.16 bits per heavy atom. The van der Waals surface area contributed by atoms with Gasteiger partial charge in [0, 0.05) is 18.3 Å². The standard InChI is InChI=1S/C15H16F2N2/c1-2-6-18-9-11-8-12(16)3-4-13(11)14-5-7-19-10-15(14)17/h3-5,7-8,10,18H,2,6,9H2,1H3. The van der Waals surface area contributed by atoms with Crippen molar-refractivity contribution in [3.05, 3.63) is 53.9 Å². The summed E-state index contributed by atoms with van der Waals surface area (Å²) in [5.74, 6) is -0.711. The highest BCUT2D eigenvalue weighted by molar-refractivity contribution is 5.67. The Morgan fingerprint density at radius 3 is 2.74 bits per heavy atom. The van der Waals surface area contributed by atoms with Crippen molar-refractivity contribution in [2.24, 2.45) is 0 Å². The molecule has 2 nitrogen and oxygen atoms in total. The largest absolute Gasteiger partial charge is 0.313 e. The molecule has 0 aliphatic heterocycles. The van der Waals surface area contributed by atoms with Gasteiger partial charge in [-0.15, -0.1) is 0 Å². The van der Waals surface area contributed by atoms with Crippen LogP contribution in [0.4, 0.5) is 8.78 Å². The van der Waals surface area contributed by atoms with E-state index < -0.39 is 5.82 Å². The highest BCUT2D eigenvalue weighted by Gasteiger charge is 2.10. The molecule has 1 N–H and O–H groups in total. The lowest BCUT2D eigenvalue weighted by Crippen LogP contribution is -2.14. The summed E-state index contributed by atoms with van der Waals surface area (Å²) in [5, 5.41) is 3.20. The van der Waals surface area contributed by atoms with E-state index in [-0.39, 0.29) is 5.82 Å². The Balaban J connectivity index is 2.36. The molecule has 1 aromatic heterocycles. The first-order chi connectivity index (χ1) is 9.22. The number of hydrogen-bond acceptors (Lipinski definition) is 2. The van der Waals surface area contributed by atoms with Crippen molar-refractivity contribution in [2.75, 3.05) is 6.54 Å². The van der Waals surface area contributed by atoms with Crippen LogP contribution in [0.15, 0.2) is 36.7 Å². The molecule has 1 aromatic carbocycles. The van der Waals surface area contributed by atoms with E-state index in [0.29, 0.717) is 17.7 Å². The summed E-state index contributed by atoms with van der Waals surface area (Å²) >= 11 is 0. The number of aromatic nitrogens is 1. The zero-order valence-electron chi connectivity index (χ0n) is 10.8. The van der Waals surface area contributed by atoms with Crippen LogP contribution in [0.2, 0.25) is 0 Å². The van der Waals surface area contributed by atoms with Crippen LogP contribution in [-0.4, -0.2) is 11.5 Å². The van der Waals surface area contributed by atoms with Crippen LogP contribution in [-0.2, 0) is 6.54 Å². The van der Waals surface area contributed by atoms with Crippen LogP contribution in [0, 0.1) is 11.6 Å². The average Bonchev–Trinajstić information content (AvgIpc) is 2.40. The minimum Gasteiger partial charge on any atom is -0.313 e. The second-order valence-corrected chi connectivity index (χ2v) is 4.33. The van der Waals surface area contributed by atoms with Crippen molar-refractivity contribution >= 4 is 0 Å². The van der Waals surface area contributed by atoms with Gasteiger partial charge in [-0.3, -0.25) is 4.98 Å². The van der Waals surface area contributed by atoms with Gasteiger partial charge in [0.15, 0.2) is 0 Å². The van der Waals surface area contributed by atoms with Crippen molar-refractivity contribution in [1.82, 2.24) is 10.3 Å². The second-order valence-electron chi connectivity index (χ2n) is 4.33. The lowest BCUT2D eigenvalue weighted by molar-refractivity contribution is 0.616. The predicted molar refractivity (Wildman–Crippen MR) is 71.6 cm³/mol. The summed E-state index contributed by atoms with van der Waals surface area (Å²) in [6.07, 6.45) is 3.70. The number of pyridine rings is 1. The van der Waals surface area contributed by atoms with E-state index in [1.165, 1.54) is 24.5 Å². The van der Waals surface area contributed by atoms with Gasteiger partial charge in [-0.1, -0.05) is 13.0 Å². The number of hydrogen-bond donors (Lipinski definition) is 1. The second kappa shape index (κ2) is 6.38. The fourth-order valence-electron chi connectivity index (χ4n) is 1.96. The van der Waals surface area contributed by atoms with E-state index in [4.69, 9.17) is 0 Å². The number of rotatable bonds is 5. The van der Waals surface area contributed by atoms with Gasteiger partial charge in [0.2, 0.25) is 0 Å². The fraction of sp³-hybridized carbons (Fsp3) is 0.267. The van der Waals surface area contributed by atoms with Crippen LogP contribution in [0.25, 0.3) is 11.1 Å². The Morgan fingerprint density at radius 2 is 2.00 bits per heavy atom. The molecule has 0 amide bonds. The Bertz CT molecular complexity index is 556. The molecule has 0 radical (unpaired) electrons. The van der Waals surface area contributed by atoms with Crippen LogP contribution in [0.5, 0.6) is 0 Å². The summed E-state index contributed by atoms with van der Waals surface area (Å²) in [6.45, 7) is 3.42. The first-order valence-electron chi connectivity index (χ1n) is 6.31. The van der Waals surface area contributed by atoms with Gasteiger partial charge in [-0.25, -0.2) is 8.78 Å². The summed E-state index contributed by atoms with van der Waals surface area (Å²) < 4.78 is 27.1. The van der Waals surface area contributed by atoms with Crippen molar-refractivity contribution in [3.8, 4) is 11.1 Å². The molecule has 1 heterocycles. The van der Waals surface area contributed by atoms with Crippen molar-refractivity contribution in [1.29, 1.82) is 0 Å². The third kappa shape index (κ3) is 3.35. The number of benzene rings is 1. The van der Waals surface area contributed by atoms with E-state index >= 15 is 0 Å². The molecule has 0 spiro atoms. The molecule has 4 heteroatoms. The summed E-state index contributed by atoms with van der Waals surface area (Å²) in [7, 11) is 0. The Kier molecular flexibility index (Phi) is 4.58. The van der Waals surface area contributed by atoms with Crippen molar-refractivity contribution < 1.29 is 8.78 Å². The molecule has 0 aliphatic rings. The minimum atomic E-state index is -0.397. The van der Waals surface area contributed by atoms with Crippen LogP contribution in [0.1, 0.15) is 18.9 Å². The molecule has 0 atom stereocenters. The highest BCUT2D eigenvalue weighted by Crippen LogP contribution is 2.26. The summed E-state index contributed by atoms with van der Waals surface area (Å²) in [4.78, 5) is 3.73. The van der Waals surface area contributed by atoms with Gasteiger partial charge in [0.05, 0.1) is 6.20 Å². The third-order valence-electron chi connectivity index (χ3n) is 2.87. The molecule has 2 rings (SSSR count). The molecule has 0 saturated carbocycles. The van der Waals surface area contributed by atoms with E-state index in [1.54, 1.807) is 12.1 Å². The maximum atomic E-state index is 13.8. The molecule has 0 saturated heterocycles. The highest BCUT2D eigenvalue weighted by atomic mass is 19.1. The SMILES string of the molecule is CCCNCc1cc(F)ccc1-c1ccncc1F. The topological polar surface area (TPSA) is 24.9 Å². The molecule has 19 heavy (non-hydrogen) atoms. The molecule has 0 fully saturated rings. The lowest BCUT2D eigenvalue weighted by Gasteiger charge is -2.11. The molecular weight excluding hydrogens is 246 g/mol. The van der Waals surface area contributed by atoms with Crippen LogP contribution in [0.3, 0.4) is 0 Å². The third-order valence-corrected chi connectivity index (χ3v) is 2.87. The molecule has 0 bridgehead atoms. The summed E-state index contributed by atoms with van der Waals surface area (Å²) in [5.41, 5.74) is 1.90. The number of halogens is 2. The first kappa shape index (κ1) is 13.6. The van der Waals surface area contributed by atoms with Gasteiger partial charge >= 0.3 is 0 Å². The number of nitrogens with zero attached hydrogens (tertiary/aromatic N) is 1. The molecule has 0 aliphatic carbocycles.